The van der Waals surface area contributed by atoms with E-state index in [-0.39, 0.29) is 40.9 Å². The Kier molecular flexibility index (Phi) is 5.47. The monoisotopic (exact) mass is 480 g/mol. The molecule has 0 radical (unpaired) electrons. The number of ether oxygens (including phenoxy) is 1. The second-order valence-electron chi connectivity index (χ2n) is 9.53. The van der Waals surface area contributed by atoms with Gasteiger partial charge in [-0.25, -0.2) is 13.8 Å². The number of anilines is 1. The van der Waals surface area contributed by atoms with Crippen LogP contribution in [-0.2, 0) is 0 Å². The first-order valence-corrected chi connectivity index (χ1v) is 11.9. The SMILES string of the molecule is COc1cc(-c2cc(O)c(-c3cnc(N(C4CC4)[C@H]4C[C@@H]5CC[C@@H](N5)[C@H]4F)cn3)cc2F)cnn1. The van der Waals surface area contributed by atoms with Crippen molar-refractivity contribution in [2.24, 2.45) is 0 Å². The largest absolute Gasteiger partial charge is 0.507 e. The Labute approximate surface area is 201 Å². The number of fused-ring (bicyclic) bond motifs is 2. The average molecular weight is 481 g/mol. The van der Waals surface area contributed by atoms with Crippen molar-refractivity contribution >= 4 is 5.82 Å². The third-order valence-electron chi connectivity index (χ3n) is 7.27. The van der Waals surface area contributed by atoms with E-state index >= 15 is 8.78 Å². The summed E-state index contributed by atoms with van der Waals surface area (Å²) in [5.74, 6) is 0.168. The topological polar surface area (TPSA) is 96.3 Å². The molecule has 35 heavy (non-hydrogen) atoms. The van der Waals surface area contributed by atoms with E-state index in [0.29, 0.717) is 23.1 Å². The number of phenolic OH excluding ortho intramolecular Hbond substituents is 1. The average Bonchev–Trinajstić information content (AvgIpc) is 3.63. The van der Waals surface area contributed by atoms with Gasteiger partial charge in [0.15, 0.2) is 0 Å². The molecule has 3 fully saturated rings. The first-order chi connectivity index (χ1) is 17.0. The number of nitrogens with one attached hydrogen (secondary N) is 1. The number of nitrogens with zero attached hydrogens (tertiary/aromatic N) is 5. The fourth-order valence-electron chi connectivity index (χ4n) is 5.40. The summed E-state index contributed by atoms with van der Waals surface area (Å²) in [6, 6.07) is 4.38. The second kappa shape index (κ2) is 8.67. The predicted octanol–water partition coefficient (Wildman–Crippen LogP) is 3.65. The third kappa shape index (κ3) is 4.05. The summed E-state index contributed by atoms with van der Waals surface area (Å²) in [4.78, 5) is 11.2. The van der Waals surface area contributed by atoms with Crippen LogP contribution in [-0.4, -0.2) is 62.7 Å². The van der Waals surface area contributed by atoms with Crippen LogP contribution in [0.15, 0.2) is 36.8 Å². The van der Waals surface area contributed by atoms with Crippen molar-refractivity contribution in [3.05, 3.63) is 42.6 Å². The molecule has 1 aromatic carbocycles. The molecule has 0 spiro atoms. The van der Waals surface area contributed by atoms with E-state index in [1.165, 1.54) is 37.7 Å². The maximum atomic E-state index is 15.3. The molecule has 8 nitrogen and oxygen atoms in total. The van der Waals surface area contributed by atoms with Crippen LogP contribution in [0.4, 0.5) is 14.6 Å². The van der Waals surface area contributed by atoms with Crippen molar-refractivity contribution in [2.75, 3.05) is 12.0 Å². The Morgan fingerprint density at radius 3 is 2.66 bits per heavy atom. The predicted molar refractivity (Wildman–Crippen MR) is 125 cm³/mol. The van der Waals surface area contributed by atoms with Crippen LogP contribution >= 0.6 is 0 Å². The van der Waals surface area contributed by atoms with Crippen LogP contribution in [0.2, 0.25) is 0 Å². The quantitative estimate of drug-likeness (QED) is 0.552. The van der Waals surface area contributed by atoms with E-state index in [1.54, 1.807) is 6.20 Å². The van der Waals surface area contributed by atoms with Gasteiger partial charge < -0.3 is 20.1 Å². The zero-order valence-corrected chi connectivity index (χ0v) is 19.2. The maximum Gasteiger partial charge on any atom is 0.233 e. The minimum absolute atomic E-state index is 0.0961. The molecular formula is C25H26F2N6O2. The molecule has 4 heterocycles. The fourth-order valence-corrected chi connectivity index (χ4v) is 5.40. The molecule has 3 aliphatic rings. The lowest BCUT2D eigenvalue weighted by Gasteiger charge is -2.41. The number of methoxy groups -OCH3 is 1. The summed E-state index contributed by atoms with van der Waals surface area (Å²) in [6.07, 6.45) is 8.21. The van der Waals surface area contributed by atoms with Gasteiger partial charge >= 0.3 is 0 Å². The first kappa shape index (κ1) is 22.1. The number of hydrogen-bond acceptors (Lipinski definition) is 8. The summed E-state index contributed by atoms with van der Waals surface area (Å²) in [5, 5.41) is 21.6. The molecule has 0 unspecified atom stereocenters. The number of benzene rings is 1. The Morgan fingerprint density at radius 2 is 1.91 bits per heavy atom. The molecule has 2 saturated heterocycles. The number of rotatable bonds is 6. The molecule has 10 heteroatoms. The Hall–Kier alpha value is -3.40. The van der Waals surface area contributed by atoms with Gasteiger partial charge in [-0.3, -0.25) is 4.98 Å². The number of phenols is 1. The number of aromatic hydroxyl groups is 1. The molecule has 1 aliphatic carbocycles. The molecule has 2 aliphatic heterocycles. The second-order valence-corrected chi connectivity index (χ2v) is 9.53. The highest BCUT2D eigenvalue weighted by molar-refractivity contribution is 5.74. The zero-order valence-electron chi connectivity index (χ0n) is 19.2. The summed E-state index contributed by atoms with van der Waals surface area (Å²) >= 11 is 0. The van der Waals surface area contributed by atoms with Gasteiger partial charge in [0.2, 0.25) is 5.88 Å². The van der Waals surface area contributed by atoms with Gasteiger partial charge in [0.25, 0.3) is 0 Å². The van der Waals surface area contributed by atoms with E-state index in [0.717, 1.165) is 32.1 Å². The molecule has 0 amide bonds. The molecule has 2 bridgehead atoms. The summed E-state index contributed by atoms with van der Waals surface area (Å²) in [7, 11) is 1.45. The van der Waals surface area contributed by atoms with Crippen molar-refractivity contribution in [2.45, 2.75) is 62.4 Å². The van der Waals surface area contributed by atoms with Crippen LogP contribution in [0.25, 0.3) is 22.4 Å². The van der Waals surface area contributed by atoms with Crippen LogP contribution < -0.4 is 15.0 Å². The molecule has 6 rings (SSSR count). The highest BCUT2D eigenvalue weighted by Crippen LogP contribution is 2.40. The number of alkyl halides is 1. The van der Waals surface area contributed by atoms with Crippen LogP contribution in [0.5, 0.6) is 11.6 Å². The first-order valence-electron chi connectivity index (χ1n) is 11.9. The zero-order chi connectivity index (χ0) is 24.1. The Bertz CT molecular complexity index is 1240. The summed E-state index contributed by atoms with van der Waals surface area (Å²) in [5.41, 5.74) is 1.15. The molecule has 2 N–H and O–H groups in total. The van der Waals surface area contributed by atoms with Crippen molar-refractivity contribution < 1.29 is 18.6 Å². The smallest absolute Gasteiger partial charge is 0.233 e. The van der Waals surface area contributed by atoms with Gasteiger partial charge in [0.05, 0.1) is 37.4 Å². The Morgan fingerprint density at radius 1 is 1.06 bits per heavy atom. The lowest BCUT2D eigenvalue weighted by Crippen LogP contribution is -2.57. The van der Waals surface area contributed by atoms with E-state index < -0.39 is 12.0 Å². The fraction of sp³-hybridized carbons (Fsp3) is 0.440. The normalized spacial score (nSPS) is 25.5. The van der Waals surface area contributed by atoms with Gasteiger partial charge in [-0.15, -0.1) is 5.10 Å². The number of piperidine rings is 1. The van der Waals surface area contributed by atoms with Gasteiger partial charge in [0, 0.05) is 40.9 Å². The third-order valence-corrected chi connectivity index (χ3v) is 7.27. The highest BCUT2D eigenvalue weighted by Gasteiger charge is 2.48. The van der Waals surface area contributed by atoms with E-state index in [2.05, 4.69) is 30.4 Å². The minimum Gasteiger partial charge on any atom is -0.507 e. The van der Waals surface area contributed by atoms with E-state index in [1.807, 2.05) is 0 Å². The van der Waals surface area contributed by atoms with Crippen LogP contribution in [0.1, 0.15) is 32.1 Å². The minimum atomic E-state index is -0.956. The van der Waals surface area contributed by atoms with Crippen LogP contribution in [0.3, 0.4) is 0 Å². The standard InChI is InChI=1S/C25H26F2N6O2/c1-35-24-6-13(10-30-32-24)16-9-22(34)17(8-18(16)26)20-11-29-23(12-28-20)33(15-3-4-15)21-7-14-2-5-19(31-14)25(21)27/h6,8-12,14-15,19,21,25,31,34H,2-5,7H2,1H3/t14-,19+,21-,25+/m0/s1. The molecule has 1 saturated carbocycles. The van der Waals surface area contributed by atoms with Crippen molar-refractivity contribution in [3.8, 4) is 34.0 Å². The van der Waals surface area contributed by atoms with Crippen molar-refractivity contribution in [1.29, 1.82) is 0 Å². The summed E-state index contributed by atoms with van der Waals surface area (Å²) < 4.78 is 35.4. The van der Waals surface area contributed by atoms with Gasteiger partial charge in [0.1, 0.15) is 23.6 Å². The lowest BCUT2D eigenvalue weighted by molar-refractivity contribution is 0.171. The summed E-state index contributed by atoms with van der Waals surface area (Å²) in [6.45, 7) is 0. The molecule has 182 valence electrons. The van der Waals surface area contributed by atoms with E-state index in [4.69, 9.17) is 4.74 Å². The maximum absolute atomic E-state index is 15.3. The number of hydrogen-bond donors (Lipinski definition) is 2. The lowest BCUT2D eigenvalue weighted by atomic mass is 9.96. The molecular weight excluding hydrogens is 454 g/mol. The van der Waals surface area contributed by atoms with Gasteiger partial charge in [-0.1, -0.05) is 0 Å². The Balaban J connectivity index is 1.28. The van der Waals surface area contributed by atoms with Gasteiger partial charge in [-0.2, -0.15) is 5.10 Å². The molecule has 3 aromatic rings. The van der Waals surface area contributed by atoms with Crippen molar-refractivity contribution in [1.82, 2.24) is 25.5 Å². The molecule has 4 atom stereocenters. The molecule has 2 aromatic heterocycles. The number of halogens is 2. The highest BCUT2D eigenvalue weighted by atomic mass is 19.1. The van der Waals surface area contributed by atoms with Crippen LogP contribution in [0, 0.1) is 5.82 Å². The van der Waals surface area contributed by atoms with E-state index in [9.17, 15) is 5.11 Å². The van der Waals surface area contributed by atoms with Crippen molar-refractivity contribution in [3.63, 3.8) is 0 Å². The number of aromatic nitrogens is 4. The van der Waals surface area contributed by atoms with Gasteiger partial charge in [-0.05, 0) is 44.2 Å².